The van der Waals surface area contributed by atoms with E-state index < -0.39 is 39.5 Å². The summed E-state index contributed by atoms with van der Waals surface area (Å²) in [7, 11) is 2.80. The van der Waals surface area contributed by atoms with E-state index >= 15 is 0 Å². The van der Waals surface area contributed by atoms with Crippen molar-refractivity contribution in [1.29, 1.82) is 0 Å². The van der Waals surface area contributed by atoms with Gasteiger partial charge in [-0.15, -0.1) is 9.24 Å². The first-order chi connectivity index (χ1) is 16.6. The van der Waals surface area contributed by atoms with Crippen LogP contribution in [-0.4, -0.2) is 45.7 Å². The number of hydrogen-bond donors (Lipinski definition) is 0. The van der Waals surface area contributed by atoms with Crippen LogP contribution in [0.1, 0.15) is 153 Å². The van der Waals surface area contributed by atoms with Gasteiger partial charge in [-0.25, -0.2) is 0 Å². The number of unbranched alkanes of at least 4 members (excludes halogenated alkanes) is 6. The van der Waals surface area contributed by atoms with Crippen molar-refractivity contribution in [3.63, 3.8) is 0 Å². The van der Waals surface area contributed by atoms with Gasteiger partial charge in [0.2, 0.25) is 0 Å². The van der Waals surface area contributed by atoms with E-state index in [1.165, 1.54) is 89.6 Å². The Kier molecular flexibility index (Phi) is 38.2. The molecule has 0 rings (SSSR count). The third kappa shape index (κ3) is 38.2. The molecule has 0 aliphatic rings. The summed E-state index contributed by atoms with van der Waals surface area (Å²) in [6.45, 7) is 23.2. The van der Waals surface area contributed by atoms with Crippen LogP contribution in [-0.2, 0) is 0 Å². The molecule has 0 aromatic carbocycles. The molecule has 0 aliphatic carbocycles. The predicted molar refractivity (Wildman–Crippen MR) is 178 cm³/mol. The van der Waals surface area contributed by atoms with Crippen molar-refractivity contribution >= 4 is 48.8 Å². The molecule has 0 bridgehead atoms. The first-order valence-corrected chi connectivity index (χ1v) is 28.9. The van der Waals surface area contributed by atoms with Gasteiger partial charge in [-0.3, -0.25) is 0 Å². The van der Waals surface area contributed by atoms with Crippen molar-refractivity contribution in [2.45, 2.75) is 179 Å². The number of rotatable bonds is 20. The molecule has 0 fully saturated rings. The number of hydrogen-bond acceptors (Lipinski definition) is 0. The van der Waals surface area contributed by atoms with Gasteiger partial charge in [-0.2, -0.15) is 0 Å². The second-order valence-corrected chi connectivity index (χ2v) is 29.8. The first kappa shape index (κ1) is 41.5. The molecule has 35 heavy (non-hydrogen) atoms. The first-order valence-electron chi connectivity index (χ1n) is 16.0. The zero-order valence-electron chi connectivity index (χ0n) is 26.8. The van der Waals surface area contributed by atoms with Gasteiger partial charge in [0.15, 0.2) is 0 Å². The zero-order valence-corrected chi connectivity index (χ0v) is 33.7. The summed E-state index contributed by atoms with van der Waals surface area (Å²) in [5.74, 6) is 0.856. The van der Waals surface area contributed by atoms with Gasteiger partial charge in [0.25, 0.3) is 0 Å². The third-order valence-corrected chi connectivity index (χ3v) is 25.6. The van der Waals surface area contributed by atoms with Crippen molar-refractivity contribution in [2.75, 3.05) is 6.16 Å². The molecule has 3 heteroatoms. The maximum atomic E-state index is 2.80. The van der Waals surface area contributed by atoms with Crippen LogP contribution in [0.3, 0.4) is 0 Å². The van der Waals surface area contributed by atoms with Gasteiger partial charge in [-0.05, 0) is 23.9 Å². The van der Waals surface area contributed by atoms with Crippen LogP contribution in [0, 0.1) is 11.3 Å². The molecule has 2 atom stereocenters. The Bertz CT molecular complexity index is 305. The van der Waals surface area contributed by atoms with Crippen molar-refractivity contribution in [2.24, 2.45) is 11.3 Å². The normalized spacial score (nSPS) is 12.3. The van der Waals surface area contributed by atoms with E-state index in [9.17, 15) is 0 Å². The van der Waals surface area contributed by atoms with Gasteiger partial charge >= 0.3 is 185 Å². The van der Waals surface area contributed by atoms with Gasteiger partial charge in [-0.1, -0.05) is 27.7 Å². The molecule has 0 aromatic heterocycles. The third-order valence-electron chi connectivity index (χ3n) is 6.67. The molecular formula is C32H73PSn2. The fourth-order valence-electron chi connectivity index (χ4n) is 4.44. The van der Waals surface area contributed by atoms with Crippen LogP contribution in [0.4, 0.5) is 0 Å². The fraction of sp³-hybridized carbons (Fsp3) is 1.00. The second-order valence-electron chi connectivity index (χ2n) is 12.2. The summed E-state index contributed by atoms with van der Waals surface area (Å²) >= 11 is -1.68. The second kappa shape index (κ2) is 32.2. The molecule has 0 saturated heterocycles. The van der Waals surface area contributed by atoms with E-state index in [1.54, 1.807) is 26.6 Å². The average molecular weight is 726 g/mol. The van der Waals surface area contributed by atoms with Gasteiger partial charge in [0, 0.05) is 0 Å². The summed E-state index contributed by atoms with van der Waals surface area (Å²) in [5.41, 5.74) is 0.510. The molecule has 0 nitrogen and oxygen atoms in total. The van der Waals surface area contributed by atoms with E-state index in [2.05, 4.69) is 78.5 Å². The molecule has 0 amide bonds. The monoisotopic (exact) mass is 728 g/mol. The van der Waals surface area contributed by atoms with E-state index in [0.717, 1.165) is 5.92 Å². The quantitative estimate of drug-likeness (QED) is 0.0866. The summed E-state index contributed by atoms with van der Waals surface area (Å²) < 4.78 is 10.1. The Labute approximate surface area is 243 Å². The van der Waals surface area contributed by atoms with Crippen LogP contribution >= 0.6 is 9.24 Å². The predicted octanol–water partition coefficient (Wildman–Crippen LogP) is 12.7. The topological polar surface area (TPSA) is 0 Å². The van der Waals surface area contributed by atoms with Crippen LogP contribution in [0.5, 0.6) is 0 Å². The Morgan fingerprint density at radius 1 is 0.514 bits per heavy atom. The summed E-state index contributed by atoms with van der Waals surface area (Å²) in [6, 6.07) is 0. The van der Waals surface area contributed by atoms with E-state index in [-0.39, 0.29) is 0 Å². The molecule has 0 spiro atoms. The molecular weight excluding hydrogens is 653 g/mol. The van der Waals surface area contributed by atoms with E-state index in [1.807, 2.05) is 0 Å². The van der Waals surface area contributed by atoms with E-state index in [0.29, 0.717) is 5.41 Å². The van der Waals surface area contributed by atoms with Crippen LogP contribution < -0.4 is 0 Å². The van der Waals surface area contributed by atoms with Crippen LogP contribution in [0.15, 0.2) is 0 Å². The molecule has 0 N–H and O–H groups in total. The summed E-state index contributed by atoms with van der Waals surface area (Å²) in [4.78, 5) is 0. The van der Waals surface area contributed by atoms with Crippen molar-refractivity contribution in [3.8, 4) is 0 Å². The summed E-state index contributed by atoms with van der Waals surface area (Å²) in [6.07, 6.45) is 20.3. The van der Waals surface area contributed by atoms with Crippen molar-refractivity contribution < 1.29 is 0 Å². The molecule has 214 valence electrons. The molecule has 2 unspecified atom stereocenters. The van der Waals surface area contributed by atoms with Crippen molar-refractivity contribution in [3.05, 3.63) is 0 Å². The molecule has 0 aliphatic heterocycles. The Balaban J connectivity index is -0.000000448. The van der Waals surface area contributed by atoms with Gasteiger partial charge in [0.05, 0.1) is 0 Å². The Hall–Kier alpha value is 2.03. The van der Waals surface area contributed by atoms with Crippen LogP contribution in [0.2, 0.25) is 26.6 Å². The minimum absolute atomic E-state index is 0.510. The SMILES string of the molecule is CC(CP)CC(C)(C)C.CCC[CH2][Sn]([CH2]CCC)[CH2]CCC.CCC[CH2][Sn]([CH2]CCC)[CH2]CCC. The summed E-state index contributed by atoms with van der Waals surface area (Å²) in [5, 5.41) is 0. The average Bonchev–Trinajstić information content (AvgIpc) is 2.82. The fourth-order valence-corrected chi connectivity index (χ4v) is 23.5. The zero-order chi connectivity index (χ0) is 27.4. The minimum atomic E-state index is -0.839. The Morgan fingerprint density at radius 3 is 0.857 bits per heavy atom. The Morgan fingerprint density at radius 2 is 0.743 bits per heavy atom. The molecule has 2 radical (unpaired) electrons. The van der Waals surface area contributed by atoms with E-state index in [4.69, 9.17) is 0 Å². The molecule has 0 heterocycles. The van der Waals surface area contributed by atoms with Crippen LogP contribution in [0.25, 0.3) is 0 Å². The molecule has 0 saturated carbocycles. The standard InChI is InChI=1S/C8H19P.6C4H9.2Sn/c1-7(6-9)5-8(2,3)4;6*1-3-4-2;;/h7H,5-6,9H2,1-4H3;6*1,3-4H2,2H3;;. The maximum absolute atomic E-state index is 2.80. The van der Waals surface area contributed by atoms with Gasteiger partial charge < -0.3 is 0 Å². The molecule has 0 aromatic rings. The van der Waals surface area contributed by atoms with Crippen molar-refractivity contribution in [1.82, 2.24) is 0 Å². The van der Waals surface area contributed by atoms with Gasteiger partial charge in [0.1, 0.15) is 0 Å².